The quantitative estimate of drug-likeness (QED) is 0.880. The second-order valence-electron chi connectivity index (χ2n) is 5.08. The Kier molecular flexibility index (Phi) is 4.55. The van der Waals surface area contributed by atoms with Gasteiger partial charge in [0.1, 0.15) is 5.82 Å². The molecule has 0 aliphatic carbocycles. The molecular weight excluding hydrogens is 226 g/mol. The lowest BCUT2D eigenvalue weighted by Gasteiger charge is -2.36. The first-order valence-corrected chi connectivity index (χ1v) is 6.74. The molecule has 0 aromatic carbocycles. The summed E-state index contributed by atoms with van der Waals surface area (Å²) in [6.07, 6.45) is 4.54. The molecule has 0 bridgehead atoms. The first-order chi connectivity index (χ1) is 8.69. The molecule has 0 saturated carbocycles. The van der Waals surface area contributed by atoms with Gasteiger partial charge in [-0.15, -0.1) is 0 Å². The van der Waals surface area contributed by atoms with Crippen LogP contribution in [-0.4, -0.2) is 36.8 Å². The Bertz CT molecular complexity index is 356. The van der Waals surface area contributed by atoms with Crippen molar-refractivity contribution in [1.82, 2.24) is 4.98 Å². The van der Waals surface area contributed by atoms with Gasteiger partial charge in [-0.25, -0.2) is 4.98 Å². The monoisotopic (exact) mass is 249 g/mol. The minimum absolute atomic E-state index is 0.271. The average molecular weight is 249 g/mol. The summed E-state index contributed by atoms with van der Waals surface area (Å²) in [5, 5.41) is 0. The number of aromatic nitrogens is 1. The lowest BCUT2D eigenvalue weighted by molar-refractivity contribution is -0.00545. The van der Waals surface area contributed by atoms with Crippen LogP contribution in [0.3, 0.4) is 0 Å². The van der Waals surface area contributed by atoms with Gasteiger partial charge in [-0.05, 0) is 44.9 Å². The molecule has 4 heteroatoms. The van der Waals surface area contributed by atoms with Crippen LogP contribution in [0.25, 0.3) is 0 Å². The summed E-state index contributed by atoms with van der Waals surface area (Å²) in [5.41, 5.74) is 6.77. The van der Waals surface area contributed by atoms with Gasteiger partial charge in [-0.3, -0.25) is 0 Å². The molecule has 1 saturated heterocycles. The van der Waals surface area contributed by atoms with E-state index in [1.54, 1.807) is 0 Å². The number of hydrogen-bond donors (Lipinski definition) is 1. The van der Waals surface area contributed by atoms with Gasteiger partial charge in [0.25, 0.3) is 0 Å². The summed E-state index contributed by atoms with van der Waals surface area (Å²) < 4.78 is 5.73. The Morgan fingerprint density at radius 3 is 2.61 bits per heavy atom. The number of nitrogens with zero attached hydrogens (tertiary/aromatic N) is 2. The van der Waals surface area contributed by atoms with Crippen LogP contribution in [-0.2, 0) is 11.2 Å². The Morgan fingerprint density at radius 1 is 1.33 bits per heavy atom. The van der Waals surface area contributed by atoms with Crippen LogP contribution in [0.1, 0.15) is 25.8 Å². The minimum Gasteiger partial charge on any atom is -0.372 e. The lowest BCUT2D eigenvalue weighted by atomic mass is 10.1. The van der Waals surface area contributed by atoms with Crippen molar-refractivity contribution in [3.05, 3.63) is 23.9 Å². The summed E-state index contributed by atoms with van der Waals surface area (Å²) in [7, 11) is 0. The zero-order chi connectivity index (χ0) is 13.0. The third kappa shape index (κ3) is 3.43. The van der Waals surface area contributed by atoms with Crippen LogP contribution >= 0.6 is 0 Å². The van der Waals surface area contributed by atoms with Gasteiger partial charge in [0.15, 0.2) is 0 Å². The zero-order valence-corrected chi connectivity index (χ0v) is 11.3. The number of nitrogens with two attached hydrogens (primary N) is 1. The molecule has 4 nitrogen and oxygen atoms in total. The Morgan fingerprint density at radius 2 is 2.06 bits per heavy atom. The van der Waals surface area contributed by atoms with Gasteiger partial charge >= 0.3 is 0 Å². The Hall–Kier alpha value is -1.13. The highest BCUT2D eigenvalue weighted by Gasteiger charge is 2.22. The van der Waals surface area contributed by atoms with E-state index in [2.05, 4.69) is 35.9 Å². The van der Waals surface area contributed by atoms with E-state index >= 15 is 0 Å². The first-order valence-electron chi connectivity index (χ1n) is 6.74. The van der Waals surface area contributed by atoms with E-state index in [-0.39, 0.29) is 12.2 Å². The number of aryl methyl sites for hydroxylation is 1. The fraction of sp³-hybridized carbons (Fsp3) is 0.643. The van der Waals surface area contributed by atoms with E-state index in [0.29, 0.717) is 0 Å². The molecule has 0 amide bonds. The van der Waals surface area contributed by atoms with Crippen LogP contribution in [0.15, 0.2) is 18.3 Å². The predicted molar refractivity (Wildman–Crippen MR) is 73.8 cm³/mol. The van der Waals surface area contributed by atoms with Crippen LogP contribution < -0.4 is 10.6 Å². The molecule has 1 aliphatic heterocycles. The van der Waals surface area contributed by atoms with Crippen LogP contribution in [0, 0.1) is 0 Å². The SMILES string of the molecule is CC1CN(c2ccc(CCCN)cn2)CC(C)O1. The molecule has 0 spiro atoms. The normalized spacial score (nSPS) is 24.3. The molecule has 1 aromatic heterocycles. The summed E-state index contributed by atoms with van der Waals surface area (Å²) >= 11 is 0. The molecule has 2 heterocycles. The molecule has 0 radical (unpaired) electrons. The third-order valence-electron chi connectivity index (χ3n) is 3.22. The largest absolute Gasteiger partial charge is 0.372 e. The van der Waals surface area contributed by atoms with Gasteiger partial charge in [-0.1, -0.05) is 6.07 Å². The molecule has 2 atom stereocenters. The fourth-order valence-electron chi connectivity index (χ4n) is 2.42. The number of pyridine rings is 1. The van der Waals surface area contributed by atoms with Gasteiger partial charge in [0, 0.05) is 19.3 Å². The summed E-state index contributed by atoms with van der Waals surface area (Å²) in [6.45, 7) is 6.79. The smallest absolute Gasteiger partial charge is 0.128 e. The number of hydrogen-bond acceptors (Lipinski definition) is 4. The second-order valence-corrected chi connectivity index (χ2v) is 5.08. The summed E-state index contributed by atoms with van der Waals surface area (Å²) in [4.78, 5) is 6.85. The van der Waals surface area contributed by atoms with Crippen molar-refractivity contribution in [2.75, 3.05) is 24.5 Å². The van der Waals surface area contributed by atoms with Crippen LogP contribution in [0.5, 0.6) is 0 Å². The van der Waals surface area contributed by atoms with Crippen molar-refractivity contribution in [3.63, 3.8) is 0 Å². The maximum atomic E-state index is 5.73. The molecule has 2 N–H and O–H groups in total. The number of anilines is 1. The second kappa shape index (κ2) is 6.16. The van der Waals surface area contributed by atoms with Gasteiger partial charge in [0.05, 0.1) is 12.2 Å². The average Bonchev–Trinajstić information content (AvgIpc) is 2.36. The molecule has 2 unspecified atom stereocenters. The highest BCUT2D eigenvalue weighted by molar-refractivity contribution is 5.40. The van der Waals surface area contributed by atoms with Gasteiger partial charge in [-0.2, -0.15) is 0 Å². The van der Waals surface area contributed by atoms with Crippen molar-refractivity contribution in [2.45, 2.75) is 38.9 Å². The van der Waals surface area contributed by atoms with Gasteiger partial charge in [0.2, 0.25) is 0 Å². The van der Waals surface area contributed by atoms with E-state index in [1.165, 1.54) is 5.56 Å². The summed E-state index contributed by atoms with van der Waals surface area (Å²) in [5.74, 6) is 1.05. The van der Waals surface area contributed by atoms with E-state index in [0.717, 1.165) is 38.3 Å². The number of morpholine rings is 1. The van der Waals surface area contributed by atoms with Crippen molar-refractivity contribution >= 4 is 5.82 Å². The fourth-order valence-corrected chi connectivity index (χ4v) is 2.42. The van der Waals surface area contributed by atoms with E-state index in [9.17, 15) is 0 Å². The van der Waals surface area contributed by atoms with E-state index < -0.39 is 0 Å². The van der Waals surface area contributed by atoms with Crippen molar-refractivity contribution in [2.24, 2.45) is 5.73 Å². The molecule has 1 fully saturated rings. The van der Waals surface area contributed by atoms with E-state index in [4.69, 9.17) is 10.5 Å². The third-order valence-corrected chi connectivity index (χ3v) is 3.22. The van der Waals surface area contributed by atoms with Crippen molar-refractivity contribution in [3.8, 4) is 0 Å². The maximum Gasteiger partial charge on any atom is 0.128 e. The minimum atomic E-state index is 0.271. The lowest BCUT2D eigenvalue weighted by Crippen LogP contribution is -2.45. The van der Waals surface area contributed by atoms with E-state index in [1.807, 2.05) is 6.20 Å². The van der Waals surface area contributed by atoms with Crippen LogP contribution in [0.4, 0.5) is 5.82 Å². The Labute approximate surface area is 109 Å². The molecule has 1 aliphatic rings. The topological polar surface area (TPSA) is 51.4 Å². The maximum absolute atomic E-state index is 5.73. The predicted octanol–water partition coefficient (Wildman–Crippen LogP) is 1.59. The van der Waals surface area contributed by atoms with Gasteiger partial charge < -0.3 is 15.4 Å². The van der Waals surface area contributed by atoms with Crippen molar-refractivity contribution in [1.29, 1.82) is 0 Å². The van der Waals surface area contributed by atoms with Crippen LogP contribution in [0.2, 0.25) is 0 Å². The number of ether oxygens (including phenoxy) is 1. The molecule has 100 valence electrons. The molecule has 1 aromatic rings. The number of rotatable bonds is 4. The first kappa shape index (κ1) is 13.3. The molecule has 2 rings (SSSR count). The van der Waals surface area contributed by atoms with Crippen molar-refractivity contribution < 1.29 is 4.74 Å². The molecular formula is C14H23N3O. The highest BCUT2D eigenvalue weighted by atomic mass is 16.5. The summed E-state index contributed by atoms with van der Waals surface area (Å²) in [6, 6.07) is 4.26. The zero-order valence-electron chi connectivity index (χ0n) is 11.3. The Balaban J connectivity index is 2.00. The standard InChI is InChI=1S/C14H23N3O/c1-11-9-17(10-12(2)18-11)14-6-5-13(8-16-14)4-3-7-15/h5-6,8,11-12H,3-4,7,9-10,15H2,1-2H3. The molecule has 18 heavy (non-hydrogen) atoms. The highest BCUT2D eigenvalue weighted by Crippen LogP contribution is 2.18.